The number of nitrogens with zero attached hydrogens (tertiary/aromatic N) is 3. The monoisotopic (exact) mass is 356 g/mol. The molecule has 3 aromatic rings. The van der Waals surface area contributed by atoms with Crippen molar-refractivity contribution >= 4 is 28.5 Å². The number of carbonyl (C=O) groups excluding carboxylic acids is 2. The Balaban J connectivity index is 2.00. The average molecular weight is 356 g/mol. The van der Waals surface area contributed by atoms with Crippen molar-refractivity contribution in [3.05, 3.63) is 41.4 Å². The smallest absolute Gasteiger partial charge is 0.276 e. The zero-order chi connectivity index (χ0) is 19.0. The summed E-state index contributed by atoms with van der Waals surface area (Å²) >= 11 is 0. The van der Waals surface area contributed by atoms with E-state index in [4.69, 9.17) is 9.15 Å². The minimum absolute atomic E-state index is 0.189. The zero-order valence-electron chi connectivity index (χ0n) is 15.3. The molecule has 0 aliphatic rings. The van der Waals surface area contributed by atoms with E-state index in [1.807, 2.05) is 0 Å². The third kappa shape index (κ3) is 2.90. The Hall–Kier alpha value is -3.29. The molecule has 0 atom stereocenters. The van der Waals surface area contributed by atoms with E-state index in [0.717, 1.165) is 5.39 Å². The third-order valence-corrected chi connectivity index (χ3v) is 4.20. The number of carbonyl (C=O) groups is 2. The lowest BCUT2D eigenvalue weighted by Gasteiger charge is -2.11. The summed E-state index contributed by atoms with van der Waals surface area (Å²) in [5.41, 5.74) is 2.15. The molecule has 0 spiro atoms. The van der Waals surface area contributed by atoms with Crippen LogP contribution in [0.3, 0.4) is 0 Å². The summed E-state index contributed by atoms with van der Waals surface area (Å²) in [5, 5.41) is 7.80. The van der Waals surface area contributed by atoms with E-state index in [-0.39, 0.29) is 17.5 Å². The van der Waals surface area contributed by atoms with Gasteiger partial charge in [-0.3, -0.25) is 14.3 Å². The average Bonchev–Trinajstić information content (AvgIpc) is 3.19. The molecule has 0 unspecified atom stereocenters. The van der Waals surface area contributed by atoms with Crippen LogP contribution >= 0.6 is 0 Å². The Kier molecular flexibility index (Phi) is 4.41. The SMILES string of the molecule is COc1cc(C(=O)Nc2c(C(=O)N(C)C)nn(C)c2C)cc2occc12. The first-order valence-corrected chi connectivity index (χ1v) is 7.95. The second kappa shape index (κ2) is 6.55. The topological polar surface area (TPSA) is 89.6 Å². The number of nitrogens with one attached hydrogen (secondary N) is 1. The predicted octanol–water partition coefficient (Wildman–Crippen LogP) is 2.44. The normalized spacial score (nSPS) is 10.8. The molecule has 26 heavy (non-hydrogen) atoms. The molecule has 1 aromatic carbocycles. The number of methoxy groups -OCH3 is 1. The number of anilines is 1. The first-order valence-electron chi connectivity index (χ1n) is 7.95. The molecule has 2 aromatic heterocycles. The Morgan fingerprint density at radius 2 is 2.04 bits per heavy atom. The highest BCUT2D eigenvalue weighted by molar-refractivity contribution is 6.10. The molecule has 136 valence electrons. The van der Waals surface area contributed by atoms with Gasteiger partial charge in [0.1, 0.15) is 11.3 Å². The maximum absolute atomic E-state index is 12.8. The van der Waals surface area contributed by atoms with Crippen molar-refractivity contribution in [2.24, 2.45) is 7.05 Å². The van der Waals surface area contributed by atoms with E-state index >= 15 is 0 Å². The van der Waals surface area contributed by atoms with Crippen molar-refractivity contribution in [3.8, 4) is 5.75 Å². The highest BCUT2D eigenvalue weighted by Crippen LogP contribution is 2.29. The molecule has 8 nitrogen and oxygen atoms in total. The van der Waals surface area contributed by atoms with E-state index in [0.29, 0.717) is 28.3 Å². The highest BCUT2D eigenvalue weighted by atomic mass is 16.5. The van der Waals surface area contributed by atoms with Crippen LogP contribution in [0.2, 0.25) is 0 Å². The van der Waals surface area contributed by atoms with E-state index in [1.54, 1.807) is 50.9 Å². The van der Waals surface area contributed by atoms with E-state index in [1.165, 1.54) is 18.3 Å². The van der Waals surface area contributed by atoms with Crippen molar-refractivity contribution in [1.29, 1.82) is 0 Å². The highest BCUT2D eigenvalue weighted by Gasteiger charge is 2.23. The van der Waals surface area contributed by atoms with Crippen molar-refractivity contribution in [1.82, 2.24) is 14.7 Å². The molecule has 1 N–H and O–H groups in total. The molecule has 0 bridgehead atoms. The number of fused-ring (bicyclic) bond motifs is 1. The van der Waals surface area contributed by atoms with Crippen LogP contribution in [0.15, 0.2) is 28.9 Å². The summed E-state index contributed by atoms with van der Waals surface area (Å²) in [6.07, 6.45) is 1.54. The van der Waals surface area contributed by atoms with Gasteiger partial charge in [0.05, 0.1) is 30.1 Å². The maximum Gasteiger partial charge on any atom is 0.276 e. The largest absolute Gasteiger partial charge is 0.496 e. The first kappa shape index (κ1) is 17.5. The van der Waals surface area contributed by atoms with Crippen molar-refractivity contribution < 1.29 is 18.7 Å². The van der Waals surface area contributed by atoms with Gasteiger partial charge >= 0.3 is 0 Å². The van der Waals surface area contributed by atoms with Crippen LogP contribution < -0.4 is 10.1 Å². The van der Waals surface area contributed by atoms with Crippen LogP contribution in [0.1, 0.15) is 26.5 Å². The van der Waals surface area contributed by atoms with Crippen molar-refractivity contribution in [3.63, 3.8) is 0 Å². The van der Waals surface area contributed by atoms with E-state index in [9.17, 15) is 9.59 Å². The Morgan fingerprint density at radius 3 is 2.69 bits per heavy atom. The molecular formula is C18H20N4O4. The number of ether oxygens (including phenoxy) is 1. The van der Waals surface area contributed by atoms with Crippen LogP contribution in [0.5, 0.6) is 5.75 Å². The number of hydrogen-bond acceptors (Lipinski definition) is 5. The lowest BCUT2D eigenvalue weighted by atomic mass is 10.1. The number of hydrogen-bond donors (Lipinski definition) is 1. The number of furan rings is 1. The first-order chi connectivity index (χ1) is 12.3. The van der Waals surface area contributed by atoms with Gasteiger partial charge < -0.3 is 19.4 Å². The molecule has 0 radical (unpaired) electrons. The second-order valence-corrected chi connectivity index (χ2v) is 6.10. The summed E-state index contributed by atoms with van der Waals surface area (Å²) in [5.74, 6) is -0.137. The van der Waals surface area contributed by atoms with Crippen molar-refractivity contribution in [2.45, 2.75) is 6.92 Å². The van der Waals surface area contributed by atoms with Crippen LogP contribution in [0, 0.1) is 6.92 Å². The van der Waals surface area contributed by atoms with E-state index < -0.39 is 0 Å². The molecule has 2 heterocycles. The van der Waals surface area contributed by atoms with Gasteiger partial charge in [-0.1, -0.05) is 0 Å². The van der Waals surface area contributed by atoms with Gasteiger partial charge in [-0.05, 0) is 25.1 Å². The Morgan fingerprint density at radius 1 is 1.31 bits per heavy atom. The summed E-state index contributed by atoms with van der Waals surface area (Å²) in [7, 11) is 6.51. The summed E-state index contributed by atoms with van der Waals surface area (Å²) in [6.45, 7) is 1.78. The van der Waals surface area contributed by atoms with Crippen LogP contribution in [0.25, 0.3) is 11.0 Å². The third-order valence-electron chi connectivity index (χ3n) is 4.20. The summed E-state index contributed by atoms with van der Waals surface area (Å²) in [4.78, 5) is 26.5. The van der Waals surface area contributed by atoms with Gasteiger partial charge in [0.15, 0.2) is 5.69 Å². The molecule has 0 aliphatic heterocycles. The fourth-order valence-corrected chi connectivity index (χ4v) is 2.64. The van der Waals surface area contributed by atoms with Crippen LogP contribution in [0.4, 0.5) is 5.69 Å². The number of benzene rings is 1. The molecule has 0 saturated heterocycles. The minimum atomic E-state index is -0.384. The van der Waals surface area contributed by atoms with Gasteiger partial charge in [0.2, 0.25) is 0 Å². The number of rotatable bonds is 4. The molecule has 0 saturated carbocycles. The summed E-state index contributed by atoms with van der Waals surface area (Å²) < 4.78 is 12.3. The quantitative estimate of drug-likeness (QED) is 0.775. The molecule has 3 rings (SSSR count). The van der Waals surface area contributed by atoms with Gasteiger partial charge in [-0.15, -0.1) is 0 Å². The van der Waals surface area contributed by atoms with Crippen molar-refractivity contribution in [2.75, 3.05) is 26.5 Å². The van der Waals surface area contributed by atoms with Crippen LogP contribution in [-0.4, -0.2) is 47.7 Å². The maximum atomic E-state index is 12.8. The zero-order valence-corrected chi connectivity index (χ0v) is 15.3. The Labute approximate surface area is 150 Å². The molecular weight excluding hydrogens is 336 g/mol. The molecule has 0 fully saturated rings. The minimum Gasteiger partial charge on any atom is -0.496 e. The molecule has 2 amide bonds. The van der Waals surface area contributed by atoms with Crippen LogP contribution in [-0.2, 0) is 7.05 Å². The van der Waals surface area contributed by atoms with Gasteiger partial charge in [-0.25, -0.2) is 0 Å². The second-order valence-electron chi connectivity index (χ2n) is 6.10. The van der Waals surface area contributed by atoms with Gasteiger partial charge in [0, 0.05) is 26.7 Å². The lowest BCUT2D eigenvalue weighted by Crippen LogP contribution is -2.24. The Bertz CT molecular complexity index is 1000. The molecule has 0 aliphatic carbocycles. The van der Waals surface area contributed by atoms with Gasteiger partial charge in [-0.2, -0.15) is 5.10 Å². The number of amides is 2. The fourth-order valence-electron chi connectivity index (χ4n) is 2.64. The predicted molar refractivity (Wildman–Crippen MR) is 96.7 cm³/mol. The standard InChI is InChI=1S/C18H20N4O4/c1-10-15(16(20-22(10)4)18(24)21(2)3)19-17(23)11-8-13(25-5)12-6-7-26-14(12)9-11/h6-9H,1-5H3,(H,19,23). The summed E-state index contributed by atoms with van der Waals surface area (Å²) in [6, 6.07) is 5.04. The van der Waals surface area contributed by atoms with Gasteiger partial charge in [0.25, 0.3) is 11.8 Å². The number of aryl methyl sites for hydroxylation is 1. The fraction of sp³-hybridized carbons (Fsp3) is 0.278. The molecule has 8 heteroatoms. The lowest BCUT2D eigenvalue weighted by molar-refractivity contribution is 0.0822. The van der Waals surface area contributed by atoms with E-state index in [2.05, 4.69) is 10.4 Å². The number of aromatic nitrogens is 2.